The van der Waals surface area contributed by atoms with Gasteiger partial charge in [0.2, 0.25) is 0 Å². The average Bonchev–Trinajstić information content (AvgIpc) is 3.55. The topological polar surface area (TPSA) is 224 Å². The van der Waals surface area contributed by atoms with Crippen LogP contribution in [0, 0.1) is 71.0 Å². The van der Waals surface area contributed by atoms with Gasteiger partial charge in [-0.05, 0) is 215 Å². The molecule has 7 aromatic carbocycles. The number of carboxylic acids is 6. The molecule has 0 bridgehead atoms. The minimum Gasteiger partial charge on any atom is -0.478 e. The van der Waals surface area contributed by atoms with Crippen LogP contribution in [0.2, 0.25) is 0 Å². The lowest BCUT2D eigenvalue weighted by molar-refractivity contribution is -0.132. The van der Waals surface area contributed by atoms with Gasteiger partial charge < -0.3 is 30.6 Å². The van der Waals surface area contributed by atoms with Gasteiger partial charge in [-0.2, -0.15) is 0 Å². The Morgan fingerprint density at radius 1 is 0.202 bits per heavy atom. The fraction of sp³-hybridized carbons (Fsp3) is 0. The van der Waals surface area contributed by atoms with Gasteiger partial charge in [0.15, 0.2) is 0 Å². The van der Waals surface area contributed by atoms with E-state index >= 15 is 0 Å². The maximum Gasteiger partial charge on any atom is 0.328 e. The van der Waals surface area contributed by atoms with Gasteiger partial charge in [0.25, 0.3) is 0 Å². The molecule has 0 aromatic heterocycles. The van der Waals surface area contributed by atoms with Crippen LogP contribution in [0.15, 0.2) is 182 Å². The molecule has 12 heteroatoms. The summed E-state index contributed by atoms with van der Waals surface area (Å²) in [4.78, 5) is 66.9. The van der Waals surface area contributed by atoms with Gasteiger partial charge in [0.1, 0.15) is 0 Å². The van der Waals surface area contributed by atoms with Gasteiger partial charge >= 0.3 is 35.8 Å². The van der Waals surface area contributed by atoms with E-state index in [0.717, 1.165) is 36.5 Å². The maximum absolute atomic E-state index is 11.2. The monoisotopic (exact) mass is 1100 g/mol. The molecule has 0 aliphatic rings. The fourth-order valence-electron chi connectivity index (χ4n) is 7.45. The van der Waals surface area contributed by atoms with Crippen LogP contribution in [0.25, 0.3) is 36.5 Å². The van der Waals surface area contributed by atoms with Crippen molar-refractivity contribution < 1.29 is 59.4 Å². The molecular formula is C72H42O12. The number of benzene rings is 7. The smallest absolute Gasteiger partial charge is 0.328 e. The summed E-state index contributed by atoms with van der Waals surface area (Å²) in [5, 5.41) is 54.7. The molecule has 0 amide bonds. The third kappa shape index (κ3) is 20.5. The molecule has 6 N–H and O–H groups in total. The van der Waals surface area contributed by atoms with Gasteiger partial charge in [-0.25, -0.2) is 28.8 Å². The van der Waals surface area contributed by atoms with Crippen LogP contribution >= 0.6 is 0 Å². The molecular weight excluding hydrogens is 1060 g/mol. The summed E-state index contributed by atoms with van der Waals surface area (Å²) in [6.45, 7) is 0. The Bertz CT molecular complexity index is 3790. The lowest BCUT2D eigenvalue weighted by atomic mass is 10.0. The minimum absolute atomic E-state index is 0.529. The van der Waals surface area contributed by atoms with Gasteiger partial charge in [0.05, 0.1) is 0 Å². The van der Waals surface area contributed by atoms with E-state index in [0.29, 0.717) is 100 Å². The first-order valence-electron chi connectivity index (χ1n) is 24.9. The molecule has 0 spiro atoms. The molecule has 0 aliphatic carbocycles. The van der Waals surface area contributed by atoms with Gasteiger partial charge in [-0.1, -0.05) is 71.0 Å². The number of carboxylic acid groups (broad SMARTS) is 6. The SMILES string of the molecule is O=C(O)C=Cc1cc(C#Cc2ccc(C#Cc3cc(C#Cc4ccc(C#Cc5cc(C=CC(=O)O)cc(C=CC(=O)O)c5)cc4)cc(C#Cc4ccc(C#Cc5cc(C=CC(=O)O)cc(C=CC(=O)O)c5)cc4)c3)cc2)cc(C=CC(=O)O)c1. The Hall–Kier alpha value is -12.8. The summed E-state index contributed by atoms with van der Waals surface area (Å²) in [5.41, 5.74) is 10.8. The van der Waals surface area contributed by atoms with Crippen molar-refractivity contribution in [3.63, 3.8) is 0 Å². The Morgan fingerprint density at radius 2 is 0.333 bits per heavy atom. The number of carbonyl (C=O) groups is 6. The zero-order chi connectivity index (χ0) is 59.8. The molecule has 0 aliphatic heterocycles. The number of hydrogen-bond acceptors (Lipinski definition) is 6. The molecule has 12 nitrogen and oxygen atoms in total. The number of hydrogen-bond donors (Lipinski definition) is 6. The predicted octanol–water partition coefficient (Wildman–Crippen LogP) is 10.7. The van der Waals surface area contributed by atoms with Crippen LogP contribution in [0.3, 0.4) is 0 Å². The first-order valence-corrected chi connectivity index (χ1v) is 24.9. The van der Waals surface area contributed by atoms with Crippen LogP contribution in [-0.4, -0.2) is 66.5 Å². The molecule has 84 heavy (non-hydrogen) atoms. The van der Waals surface area contributed by atoms with Crippen molar-refractivity contribution in [2.24, 2.45) is 0 Å². The molecule has 0 saturated heterocycles. The second-order valence-electron chi connectivity index (χ2n) is 17.7. The van der Waals surface area contributed by atoms with Crippen molar-refractivity contribution in [3.8, 4) is 71.0 Å². The summed E-state index contributed by atoms with van der Waals surface area (Å²) in [6, 6.07) is 42.4. The summed E-state index contributed by atoms with van der Waals surface area (Å²) in [6.07, 6.45) is 14.3. The largest absolute Gasteiger partial charge is 0.478 e. The molecule has 0 unspecified atom stereocenters. The van der Waals surface area contributed by atoms with E-state index in [9.17, 15) is 28.8 Å². The summed E-state index contributed by atoms with van der Waals surface area (Å²) < 4.78 is 0. The van der Waals surface area contributed by atoms with E-state index in [-0.39, 0.29) is 0 Å². The summed E-state index contributed by atoms with van der Waals surface area (Å²) in [5.74, 6) is 31.0. The van der Waals surface area contributed by atoms with Gasteiger partial charge in [-0.15, -0.1) is 0 Å². The number of rotatable bonds is 12. The van der Waals surface area contributed by atoms with Crippen molar-refractivity contribution in [3.05, 3.63) is 282 Å². The lowest BCUT2D eigenvalue weighted by Gasteiger charge is -2.00. The number of aliphatic carboxylic acids is 6. The quantitative estimate of drug-likeness (QED) is 0.0497. The molecule has 0 atom stereocenters. The van der Waals surface area contributed by atoms with Gasteiger partial charge in [0, 0.05) is 103 Å². The van der Waals surface area contributed by atoms with Crippen LogP contribution in [0.1, 0.15) is 100 Å². The Balaban J connectivity index is 1.16. The van der Waals surface area contributed by atoms with Crippen LogP contribution in [0.4, 0.5) is 0 Å². The highest BCUT2D eigenvalue weighted by molar-refractivity contribution is 5.89. The molecule has 7 aromatic rings. The van der Waals surface area contributed by atoms with E-state index in [1.165, 1.54) is 36.5 Å². The third-order valence-corrected chi connectivity index (χ3v) is 11.1. The van der Waals surface area contributed by atoms with E-state index in [1.54, 1.807) is 91.0 Å². The van der Waals surface area contributed by atoms with Crippen molar-refractivity contribution in [2.45, 2.75) is 0 Å². The lowest BCUT2D eigenvalue weighted by Crippen LogP contribution is -1.89. The zero-order valence-electron chi connectivity index (χ0n) is 43.9. The van der Waals surface area contributed by atoms with E-state index in [1.807, 2.05) is 54.6 Å². The molecule has 0 saturated carbocycles. The van der Waals surface area contributed by atoms with Crippen molar-refractivity contribution in [1.82, 2.24) is 0 Å². The first-order chi connectivity index (χ1) is 40.4. The second-order valence-corrected chi connectivity index (χ2v) is 17.7. The van der Waals surface area contributed by atoms with E-state index in [2.05, 4.69) is 71.0 Å². The predicted molar refractivity (Wildman–Crippen MR) is 321 cm³/mol. The zero-order valence-corrected chi connectivity index (χ0v) is 43.9. The molecule has 0 radical (unpaired) electrons. The highest BCUT2D eigenvalue weighted by Gasteiger charge is 2.04. The maximum atomic E-state index is 11.2. The summed E-state index contributed by atoms with van der Waals surface area (Å²) in [7, 11) is 0. The Labute approximate surface area is 482 Å². The molecule has 402 valence electrons. The first kappa shape index (κ1) is 58.8. The van der Waals surface area contributed by atoms with Crippen LogP contribution in [0.5, 0.6) is 0 Å². The minimum atomic E-state index is -1.13. The van der Waals surface area contributed by atoms with E-state index in [4.69, 9.17) is 30.6 Å². The van der Waals surface area contributed by atoms with Crippen molar-refractivity contribution in [2.75, 3.05) is 0 Å². The molecule has 7 rings (SSSR count). The average molecular weight is 1100 g/mol. The van der Waals surface area contributed by atoms with E-state index < -0.39 is 35.8 Å². The normalized spacial score (nSPS) is 10.6. The van der Waals surface area contributed by atoms with Crippen LogP contribution in [-0.2, 0) is 28.8 Å². The Kier molecular flexibility index (Phi) is 20.5. The third-order valence-electron chi connectivity index (χ3n) is 11.1. The van der Waals surface area contributed by atoms with Crippen LogP contribution < -0.4 is 0 Å². The van der Waals surface area contributed by atoms with Gasteiger partial charge in [-0.3, -0.25) is 0 Å². The summed E-state index contributed by atoms with van der Waals surface area (Å²) >= 11 is 0. The Morgan fingerprint density at radius 3 is 0.476 bits per heavy atom. The molecule has 0 fully saturated rings. The highest BCUT2D eigenvalue weighted by Crippen LogP contribution is 2.18. The van der Waals surface area contributed by atoms with Crippen molar-refractivity contribution in [1.29, 1.82) is 0 Å². The van der Waals surface area contributed by atoms with Crippen molar-refractivity contribution >= 4 is 72.3 Å². The second kappa shape index (κ2) is 29.2. The molecule has 0 heterocycles. The highest BCUT2D eigenvalue weighted by atomic mass is 16.4. The fourth-order valence-corrected chi connectivity index (χ4v) is 7.45. The standard InChI is InChI=1S/C72H42O12/c73-67(74)31-25-61-40-58(41-62(46-61)26-32-68(75)76)22-16-52-7-1-49(2-8-52)13-19-55-37-56(20-14-50-3-9-53(10-4-50)17-23-59-42-63(27-33-69(77)78)47-64(43-59)28-34-70(79)80)39-57(38-55)21-15-51-5-11-54(12-6-51)18-24-60-44-65(29-35-71(81)82)48-66(45-60)30-36-72(83)84/h1-12,25-48H,(H,73,74)(H,75,76)(H,77,78)(H,79,80)(H,81,82)(H,83,84).